The minimum Gasteiger partial charge on any atom is -0.457 e. The Hall–Kier alpha value is -3.66. The number of para-hydroxylation sites is 1. The first-order chi connectivity index (χ1) is 13.8. The lowest BCUT2D eigenvalue weighted by Gasteiger charge is -2.08. The molecule has 0 aliphatic heterocycles. The molecule has 4 nitrogen and oxygen atoms in total. The molecule has 0 atom stereocenters. The molecule has 138 valence electrons. The van der Waals surface area contributed by atoms with Crippen LogP contribution in [0, 0.1) is 6.92 Å². The third-order valence-corrected chi connectivity index (χ3v) is 4.36. The number of rotatable bonds is 6. The topological polar surface area (TPSA) is 47.0 Å². The summed E-state index contributed by atoms with van der Waals surface area (Å²) in [5.41, 5.74) is 5.22. The Morgan fingerprint density at radius 2 is 1.54 bits per heavy atom. The van der Waals surface area contributed by atoms with Gasteiger partial charge in [-0.15, -0.1) is 0 Å². The summed E-state index contributed by atoms with van der Waals surface area (Å²) in [4.78, 5) is 8.78. The van der Waals surface area contributed by atoms with Crippen LogP contribution in [0.5, 0.6) is 11.5 Å². The monoisotopic (exact) mass is 367 g/mol. The van der Waals surface area contributed by atoms with Crippen molar-refractivity contribution in [2.24, 2.45) is 0 Å². The molecule has 0 fully saturated rings. The van der Waals surface area contributed by atoms with Gasteiger partial charge in [-0.3, -0.25) is 9.97 Å². The van der Waals surface area contributed by atoms with E-state index < -0.39 is 0 Å². The van der Waals surface area contributed by atoms with Crippen molar-refractivity contribution >= 4 is 5.69 Å². The van der Waals surface area contributed by atoms with Crippen molar-refractivity contribution in [1.29, 1.82) is 0 Å². The number of nitrogens with zero attached hydrogens (tertiary/aromatic N) is 2. The van der Waals surface area contributed by atoms with E-state index in [4.69, 9.17) is 4.74 Å². The molecule has 0 saturated carbocycles. The van der Waals surface area contributed by atoms with Crippen LogP contribution in [0.2, 0.25) is 0 Å². The third kappa shape index (κ3) is 4.54. The summed E-state index contributed by atoms with van der Waals surface area (Å²) in [7, 11) is 0. The highest BCUT2D eigenvalue weighted by Crippen LogP contribution is 2.25. The van der Waals surface area contributed by atoms with Crippen LogP contribution in [-0.2, 0) is 6.54 Å². The van der Waals surface area contributed by atoms with Gasteiger partial charge in [0.15, 0.2) is 0 Å². The second-order valence-corrected chi connectivity index (χ2v) is 6.52. The zero-order chi connectivity index (χ0) is 19.2. The molecular formula is C24H21N3O. The Kier molecular flexibility index (Phi) is 5.29. The van der Waals surface area contributed by atoms with E-state index in [1.54, 1.807) is 6.20 Å². The number of nitrogens with one attached hydrogen (secondary N) is 1. The summed E-state index contributed by atoms with van der Waals surface area (Å²) in [5.74, 6) is 1.65. The second-order valence-electron chi connectivity index (χ2n) is 6.52. The van der Waals surface area contributed by atoms with Gasteiger partial charge in [-0.25, -0.2) is 0 Å². The summed E-state index contributed by atoms with van der Waals surface area (Å²) in [6, 6.07) is 25.9. The first-order valence-corrected chi connectivity index (χ1v) is 9.21. The maximum Gasteiger partial charge on any atom is 0.127 e. The molecule has 4 heteroatoms. The molecule has 0 saturated heterocycles. The van der Waals surface area contributed by atoms with E-state index in [1.807, 2.05) is 85.9 Å². The van der Waals surface area contributed by atoms with Gasteiger partial charge < -0.3 is 10.1 Å². The van der Waals surface area contributed by atoms with Gasteiger partial charge in [0.1, 0.15) is 11.5 Å². The molecule has 0 aliphatic rings. The molecule has 1 N–H and O–H groups in total. The van der Waals surface area contributed by atoms with Crippen LogP contribution in [0.1, 0.15) is 11.4 Å². The molecule has 0 bridgehead atoms. The average Bonchev–Trinajstić information content (AvgIpc) is 2.74. The fourth-order valence-corrected chi connectivity index (χ4v) is 2.89. The van der Waals surface area contributed by atoms with E-state index in [0.717, 1.165) is 39.7 Å². The average molecular weight is 367 g/mol. The number of anilines is 1. The van der Waals surface area contributed by atoms with Crippen molar-refractivity contribution in [3.05, 3.63) is 103 Å². The van der Waals surface area contributed by atoms with Gasteiger partial charge in [0, 0.05) is 29.3 Å². The maximum atomic E-state index is 5.84. The van der Waals surface area contributed by atoms with Crippen molar-refractivity contribution in [1.82, 2.24) is 9.97 Å². The molecule has 0 radical (unpaired) electrons. The van der Waals surface area contributed by atoms with Gasteiger partial charge in [-0.2, -0.15) is 0 Å². The molecule has 0 aliphatic carbocycles. The smallest absolute Gasteiger partial charge is 0.127 e. The summed E-state index contributed by atoms with van der Waals surface area (Å²) in [6.45, 7) is 2.65. The molecule has 4 rings (SSSR count). The number of hydrogen-bond donors (Lipinski definition) is 1. The van der Waals surface area contributed by atoms with E-state index in [2.05, 4.69) is 21.4 Å². The minimum absolute atomic E-state index is 0.674. The largest absolute Gasteiger partial charge is 0.457 e. The quantitative estimate of drug-likeness (QED) is 0.464. The fourth-order valence-electron chi connectivity index (χ4n) is 2.89. The summed E-state index contributed by atoms with van der Waals surface area (Å²) < 4.78 is 5.84. The molecule has 2 aromatic heterocycles. The first-order valence-electron chi connectivity index (χ1n) is 9.21. The number of ether oxygens (including phenoxy) is 1. The van der Waals surface area contributed by atoms with Crippen LogP contribution in [-0.4, -0.2) is 9.97 Å². The van der Waals surface area contributed by atoms with Gasteiger partial charge in [-0.05, 0) is 55.0 Å². The van der Waals surface area contributed by atoms with Gasteiger partial charge in [-0.1, -0.05) is 36.4 Å². The van der Waals surface area contributed by atoms with Crippen molar-refractivity contribution in [2.45, 2.75) is 13.5 Å². The van der Waals surface area contributed by atoms with E-state index in [-0.39, 0.29) is 0 Å². The van der Waals surface area contributed by atoms with Crippen molar-refractivity contribution in [2.75, 3.05) is 5.32 Å². The molecule has 4 aromatic rings. The Balaban J connectivity index is 1.39. The Morgan fingerprint density at radius 3 is 2.25 bits per heavy atom. The SMILES string of the molecule is Cc1cc(NCc2ccc(-c3ccc(Oc4ccccc4)cc3)cn2)ccn1. The number of aromatic nitrogens is 2. The first kappa shape index (κ1) is 17.7. The van der Waals surface area contributed by atoms with Gasteiger partial charge >= 0.3 is 0 Å². The molecule has 28 heavy (non-hydrogen) atoms. The molecule has 0 spiro atoms. The Morgan fingerprint density at radius 1 is 0.786 bits per heavy atom. The lowest BCUT2D eigenvalue weighted by atomic mass is 10.1. The van der Waals surface area contributed by atoms with Crippen LogP contribution < -0.4 is 10.1 Å². The molecular weight excluding hydrogens is 346 g/mol. The van der Waals surface area contributed by atoms with Crippen LogP contribution in [0.25, 0.3) is 11.1 Å². The van der Waals surface area contributed by atoms with E-state index in [0.29, 0.717) is 6.54 Å². The predicted molar refractivity (Wildman–Crippen MR) is 112 cm³/mol. The maximum absolute atomic E-state index is 5.84. The summed E-state index contributed by atoms with van der Waals surface area (Å²) in [5, 5.41) is 3.37. The van der Waals surface area contributed by atoms with Crippen molar-refractivity contribution in [3.63, 3.8) is 0 Å². The van der Waals surface area contributed by atoms with Crippen LogP contribution in [0.3, 0.4) is 0 Å². The van der Waals surface area contributed by atoms with E-state index in [9.17, 15) is 0 Å². The zero-order valence-corrected chi connectivity index (χ0v) is 15.7. The van der Waals surface area contributed by atoms with Gasteiger partial charge in [0.2, 0.25) is 0 Å². The zero-order valence-electron chi connectivity index (χ0n) is 15.7. The molecule has 0 unspecified atom stereocenters. The lowest BCUT2D eigenvalue weighted by molar-refractivity contribution is 0.483. The van der Waals surface area contributed by atoms with Crippen molar-refractivity contribution < 1.29 is 4.74 Å². The van der Waals surface area contributed by atoms with Gasteiger partial charge in [0.05, 0.1) is 12.2 Å². The highest BCUT2D eigenvalue weighted by Gasteiger charge is 2.02. The van der Waals surface area contributed by atoms with E-state index in [1.165, 1.54) is 0 Å². The standard InChI is InChI=1S/C24H21N3O/c1-18-15-21(13-14-25-18)27-17-22-10-7-20(16-26-22)19-8-11-24(12-9-19)28-23-5-3-2-4-6-23/h2-16H,17H2,1H3,(H,25,27). The van der Waals surface area contributed by atoms with Gasteiger partial charge in [0.25, 0.3) is 0 Å². The highest BCUT2D eigenvalue weighted by molar-refractivity contribution is 5.63. The predicted octanol–water partition coefficient (Wildman–Crippen LogP) is 5.86. The number of pyridine rings is 2. The lowest BCUT2D eigenvalue weighted by Crippen LogP contribution is -2.01. The van der Waals surface area contributed by atoms with Crippen LogP contribution in [0.15, 0.2) is 91.3 Å². The Labute approximate surface area is 164 Å². The van der Waals surface area contributed by atoms with Crippen LogP contribution in [0.4, 0.5) is 5.69 Å². The summed E-state index contributed by atoms with van der Waals surface area (Å²) in [6.07, 6.45) is 3.71. The summed E-state index contributed by atoms with van der Waals surface area (Å²) >= 11 is 0. The normalized spacial score (nSPS) is 10.5. The fraction of sp³-hybridized carbons (Fsp3) is 0.0833. The number of hydrogen-bond acceptors (Lipinski definition) is 4. The highest BCUT2D eigenvalue weighted by atomic mass is 16.5. The molecule has 2 aromatic carbocycles. The number of benzene rings is 2. The number of aryl methyl sites for hydroxylation is 1. The Bertz CT molecular complexity index is 1030. The molecule has 0 amide bonds. The van der Waals surface area contributed by atoms with E-state index >= 15 is 0 Å². The molecule has 2 heterocycles. The third-order valence-electron chi connectivity index (χ3n) is 4.36. The minimum atomic E-state index is 0.674. The van der Waals surface area contributed by atoms with Crippen LogP contribution >= 0.6 is 0 Å². The van der Waals surface area contributed by atoms with Crippen molar-refractivity contribution in [3.8, 4) is 22.6 Å². The second kappa shape index (κ2) is 8.35.